The molecule has 1 heterocycles. The molecule has 0 aliphatic heterocycles. The Bertz CT molecular complexity index is 674. The van der Waals surface area contributed by atoms with Crippen molar-refractivity contribution in [1.29, 1.82) is 0 Å². The number of benzene rings is 1. The molecule has 0 atom stereocenters. The SMILES string of the molecule is C/C(=C/C(=O)Nc1ccn(CC(=O)O)n1)c1ccccc1. The summed E-state index contributed by atoms with van der Waals surface area (Å²) in [4.78, 5) is 22.4. The van der Waals surface area contributed by atoms with Crippen molar-refractivity contribution in [2.45, 2.75) is 13.5 Å². The molecule has 2 N–H and O–H groups in total. The molecule has 0 unspecified atom stereocenters. The summed E-state index contributed by atoms with van der Waals surface area (Å²) in [6.45, 7) is 1.60. The highest BCUT2D eigenvalue weighted by Crippen LogP contribution is 2.13. The summed E-state index contributed by atoms with van der Waals surface area (Å²) in [5, 5.41) is 15.2. The van der Waals surface area contributed by atoms with Gasteiger partial charge in [0, 0.05) is 18.3 Å². The van der Waals surface area contributed by atoms with E-state index in [0.29, 0.717) is 5.82 Å². The van der Waals surface area contributed by atoms with Gasteiger partial charge in [-0.3, -0.25) is 14.3 Å². The van der Waals surface area contributed by atoms with Crippen LogP contribution in [0.25, 0.3) is 5.57 Å². The summed E-state index contributed by atoms with van der Waals surface area (Å²) in [6.07, 6.45) is 2.98. The van der Waals surface area contributed by atoms with E-state index in [-0.39, 0.29) is 12.5 Å². The minimum Gasteiger partial charge on any atom is -0.480 e. The summed E-state index contributed by atoms with van der Waals surface area (Å²) in [5.41, 5.74) is 1.79. The van der Waals surface area contributed by atoms with E-state index in [1.807, 2.05) is 37.3 Å². The average Bonchev–Trinajstić information content (AvgIpc) is 2.85. The molecular weight excluding hydrogens is 270 g/mol. The fourth-order valence-electron chi connectivity index (χ4n) is 1.80. The highest BCUT2D eigenvalue weighted by molar-refractivity contribution is 6.03. The molecule has 0 saturated heterocycles. The van der Waals surface area contributed by atoms with Gasteiger partial charge in [0.25, 0.3) is 0 Å². The number of carboxylic acid groups (broad SMARTS) is 1. The van der Waals surface area contributed by atoms with Crippen LogP contribution in [0.3, 0.4) is 0 Å². The standard InChI is InChI=1S/C15H15N3O3/c1-11(12-5-3-2-4-6-12)9-14(19)16-13-7-8-18(17-13)10-15(20)21/h2-9H,10H2,1H3,(H,20,21)(H,16,17,19)/b11-9-. The lowest BCUT2D eigenvalue weighted by Gasteiger charge is -2.02. The van der Waals surface area contributed by atoms with Crippen LogP contribution >= 0.6 is 0 Å². The van der Waals surface area contributed by atoms with E-state index in [4.69, 9.17) is 5.11 Å². The van der Waals surface area contributed by atoms with E-state index in [1.54, 1.807) is 6.07 Å². The van der Waals surface area contributed by atoms with Crippen molar-refractivity contribution in [3.8, 4) is 0 Å². The average molecular weight is 285 g/mol. The molecule has 0 aliphatic carbocycles. The number of amides is 1. The van der Waals surface area contributed by atoms with Crippen molar-refractivity contribution in [2.75, 3.05) is 5.32 Å². The fraction of sp³-hybridized carbons (Fsp3) is 0.133. The molecule has 6 nitrogen and oxygen atoms in total. The maximum atomic E-state index is 11.9. The Labute approximate surface area is 121 Å². The highest BCUT2D eigenvalue weighted by atomic mass is 16.4. The van der Waals surface area contributed by atoms with E-state index in [1.165, 1.54) is 17.0 Å². The van der Waals surface area contributed by atoms with Gasteiger partial charge in [-0.15, -0.1) is 0 Å². The van der Waals surface area contributed by atoms with Gasteiger partial charge in [-0.2, -0.15) is 5.10 Å². The molecule has 2 aromatic rings. The topological polar surface area (TPSA) is 84.2 Å². The molecule has 0 aliphatic rings. The number of nitrogens with one attached hydrogen (secondary N) is 1. The first kappa shape index (κ1) is 14.5. The van der Waals surface area contributed by atoms with Crippen LogP contribution in [0.1, 0.15) is 12.5 Å². The van der Waals surface area contributed by atoms with Crippen LogP contribution in [-0.2, 0) is 16.1 Å². The van der Waals surface area contributed by atoms with Crippen molar-refractivity contribution in [3.05, 3.63) is 54.2 Å². The zero-order chi connectivity index (χ0) is 15.2. The Kier molecular flexibility index (Phi) is 4.50. The first-order valence-corrected chi connectivity index (χ1v) is 6.34. The smallest absolute Gasteiger partial charge is 0.325 e. The third kappa shape index (κ3) is 4.31. The normalized spacial score (nSPS) is 11.2. The van der Waals surface area contributed by atoms with Crippen LogP contribution in [-0.4, -0.2) is 26.8 Å². The minimum atomic E-state index is -0.990. The quantitative estimate of drug-likeness (QED) is 0.823. The van der Waals surface area contributed by atoms with Crippen molar-refractivity contribution in [3.63, 3.8) is 0 Å². The van der Waals surface area contributed by atoms with Crippen molar-refractivity contribution >= 4 is 23.3 Å². The van der Waals surface area contributed by atoms with E-state index in [0.717, 1.165) is 11.1 Å². The van der Waals surface area contributed by atoms with Crippen LogP contribution in [0.15, 0.2) is 48.7 Å². The largest absolute Gasteiger partial charge is 0.480 e. The predicted octanol–water partition coefficient (Wildman–Crippen LogP) is 2.01. The molecule has 21 heavy (non-hydrogen) atoms. The molecule has 2 rings (SSSR count). The number of carboxylic acids is 1. The molecule has 0 spiro atoms. The van der Waals surface area contributed by atoms with Gasteiger partial charge in [-0.25, -0.2) is 0 Å². The number of aromatic nitrogens is 2. The van der Waals surface area contributed by atoms with Gasteiger partial charge < -0.3 is 10.4 Å². The number of rotatable bonds is 5. The van der Waals surface area contributed by atoms with Crippen LogP contribution in [0, 0.1) is 0 Å². The second kappa shape index (κ2) is 6.51. The molecule has 1 aromatic carbocycles. The first-order chi connectivity index (χ1) is 10.0. The third-order valence-corrected chi connectivity index (χ3v) is 2.77. The van der Waals surface area contributed by atoms with Gasteiger partial charge in [-0.05, 0) is 18.1 Å². The number of aliphatic carboxylic acids is 1. The van der Waals surface area contributed by atoms with Crippen molar-refractivity contribution < 1.29 is 14.7 Å². The monoisotopic (exact) mass is 285 g/mol. The number of anilines is 1. The number of hydrogen-bond donors (Lipinski definition) is 2. The summed E-state index contributed by atoms with van der Waals surface area (Å²) >= 11 is 0. The van der Waals surface area contributed by atoms with E-state index >= 15 is 0 Å². The molecule has 1 amide bonds. The Hall–Kier alpha value is -2.89. The van der Waals surface area contributed by atoms with Crippen molar-refractivity contribution in [1.82, 2.24) is 9.78 Å². The lowest BCUT2D eigenvalue weighted by Crippen LogP contribution is -2.12. The van der Waals surface area contributed by atoms with Crippen LogP contribution in [0.2, 0.25) is 0 Å². The molecule has 0 fully saturated rings. The Balaban J connectivity index is 2.01. The third-order valence-electron chi connectivity index (χ3n) is 2.77. The maximum Gasteiger partial charge on any atom is 0.325 e. The van der Waals surface area contributed by atoms with Gasteiger partial charge in [-0.1, -0.05) is 30.3 Å². The van der Waals surface area contributed by atoms with Crippen molar-refractivity contribution in [2.24, 2.45) is 0 Å². The van der Waals surface area contributed by atoms with E-state index < -0.39 is 5.97 Å². The first-order valence-electron chi connectivity index (χ1n) is 6.34. The zero-order valence-electron chi connectivity index (χ0n) is 11.5. The molecule has 1 aromatic heterocycles. The van der Waals surface area contributed by atoms with Crippen LogP contribution < -0.4 is 5.32 Å². The second-order valence-electron chi connectivity index (χ2n) is 4.47. The second-order valence-corrected chi connectivity index (χ2v) is 4.47. The molecule has 0 bridgehead atoms. The molecule has 6 heteroatoms. The highest BCUT2D eigenvalue weighted by Gasteiger charge is 2.05. The number of carbonyl (C=O) groups excluding carboxylic acids is 1. The van der Waals surface area contributed by atoms with E-state index in [2.05, 4.69) is 10.4 Å². The minimum absolute atomic E-state index is 0.241. The number of allylic oxidation sites excluding steroid dienone is 1. The zero-order valence-corrected chi connectivity index (χ0v) is 11.5. The predicted molar refractivity (Wildman–Crippen MR) is 78.6 cm³/mol. The molecular formula is C15H15N3O3. The summed E-state index contributed by atoms with van der Waals surface area (Å²) < 4.78 is 1.24. The van der Waals surface area contributed by atoms with Gasteiger partial charge >= 0.3 is 5.97 Å². The lowest BCUT2D eigenvalue weighted by atomic mass is 10.1. The van der Waals surface area contributed by atoms with Gasteiger partial charge in [0.15, 0.2) is 5.82 Å². The van der Waals surface area contributed by atoms with Gasteiger partial charge in [0.05, 0.1) is 0 Å². The Morgan fingerprint density at radius 1 is 1.29 bits per heavy atom. The Morgan fingerprint density at radius 3 is 2.67 bits per heavy atom. The maximum absolute atomic E-state index is 11.9. The Morgan fingerprint density at radius 2 is 2.00 bits per heavy atom. The van der Waals surface area contributed by atoms with Gasteiger partial charge in [0.1, 0.15) is 6.54 Å². The lowest BCUT2D eigenvalue weighted by molar-refractivity contribution is -0.137. The molecule has 0 radical (unpaired) electrons. The summed E-state index contributed by atoms with van der Waals surface area (Å²) in [7, 11) is 0. The van der Waals surface area contributed by atoms with Crippen LogP contribution in [0.4, 0.5) is 5.82 Å². The summed E-state index contributed by atoms with van der Waals surface area (Å²) in [6, 6.07) is 11.1. The van der Waals surface area contributed by atoms with E-state index in [9.17, 15) is 9.59 Å². The molecule has 108 valence electrons. The van der Waals surface area contributed by atoms with Crippen LogP contribution in [0.5, 0.6) is 0 Å². The molecule has 0 saturated carbocycles. The fourth-order valence-corrected chi connectivity index (χ4v) is 1.80. The summed E-state index contributed by atoms with van der Waals surface area (Å²) in [5.74, 6) is -0.980. The van der Waals surface area contributed by atoms with Gasteiger partial charge in [0.2, 0.25) is 5.91 Å². The number of hydrogen-bond acceptors (Lipinski definition) is 3. The number of carbonyl (C=O) groups is 2. The number of nitrogens with zero attached hydrogens (tertiary/aromatic N) is 2.